The summed E-state index contributed by atoms with van der Waals surface area (Å²) in [5.74, 6) is 0.798. The second-order valence-corrected chi connectivity index (χ2v) is 6.01. The Kier molecular flexibility index (Phi) is 7.04. The number of carbonyl (C=O) groups excluding carboxylic acids is 1. The first-order valence-electron chi connectivity index (χ1n) is 8.46. The Bertz CT molecular complexity index is 621. The van der Waals surface area contributed by atoms with E-state index in [9.17, 15) is 9.90 Å². The fourth-order valence-electron chi connectivity index (χ4n) is 2.69. The van der Waals surface area contributed by atoms with Gasteiger partial charge in [0.2, 0.25) is 0 Å². The fourth-order valence-corrected chi connectivity index (χ4v) is 2.69. The third-order valence-corrected chi connectivity index (χ3v) is 4.31. The largest absolute Gasteiger partial charge is 0.493 e. The van der Waals surface area contributed by atoms with Crippen molar-refractivity contribution in [2.75, 3.05) is 46.4 Å². The van der Waals surface area contributed by atoms with E-state index in [4.69, 9.17) is 14.7 Å². The maximum absolute atomic E-state index is 12.3. The molecular formula is C18H25N3O4. The highest BCUT2D eigenvalue weighted by molar-refractivity contribution is 5.78. The molecule has 1 atom stereocenters. The molecule has 2 rings (SSSR count). The molecule has 1 aromatic carbocycles. The monoisotopic (exact) mass is 347 g/mol. The maximum Gasteiger partial charge on any atom is 0.260 e. The number of aliphatic hydroxyl groups excluding tert-OH is 1. The van der Waals surface area contributed by atoms with Gasteiger partial charge in [0.1, 0.15) is 0 Å². The molecule has 0 bridgehead atoms. The van der Waals surface area contributed by atoms with Gasteiger partial charge in [-0.1, -0.05) is 6.92 Å². The van der Waals surface area contributed by atoms with Crippen LogP contribution in [0.1, 0.15) is 18.9 Å². The SMILES string of the molecule is CC[C@@H](O)CN1CCN(C(=O)COc2ccc(C#N)cc2OC)CC1. The van der Waals surface area contributed by atoms with Crippen LogP contribution in [0.2, 0.25) is 0 Å². The highest BCUT2D eigenvalue weighted by Crippen LogP contribution is 2.27. The van der Waals surface area contributed by atoms with Gasteiger partial charge in [0, 0.05) is 38.8 Å². The summed E-state index contributed by atoms with van der Waals surface area (Å²) in [6, 6.07) is 6.87. The molecule has 1 heterocycles. The molecule has 0 aromatic heterocycles. The number of piperazine rings is 1. The molecule has 1 aliphatic heterocycles. The average Bonchev–Trinajstić information content (AvgIpc) is 2.66. The van der Waals surface area contributed by atoms with Gasteiger partial charge in [-0.25, -0.2) is 0 Å². The molecular weight excluding hydrogens is 322 g/mol. The predicted molar refractivity (Wildman–Crippen MR) is 92.5 cm³/mol. The summed E-state index contributed by atoms with van der Waals surface area (Å²) in [6.45, 7) is 5.30. The Morgan fingerprint density at radius 1 is 1.32 bits per heavy atom. The van der Waals surface area contributed by atoms with Gasteiger partial charge in [0.05, 0.1) is 24.8 Å². The van der Waals surface area contributed by atoms with Crippen molar-refractivity contribution < 1.29 is 19.4 Å². The number of amides is 1. The Hall–Kier alpha value is -2.30. The van der Waals surface area contributed by atoms with Gasteiger partial charge >= 0.3 is 0 Å². The third-order valence-electron chi connectivity index (χ3n) is 4.31. The minimum atomic E-state index is -0.311. The van der Waals surface area contributed by atoms with E-state index >= 15 is 0 Å². The van der Waals surface area contributed by atoms with E-state index in [1.807, 2.05) is 13.0 Å². The predicted octanol–water partition coefficient (Wildman–Crippen LogP) is 0.861. The number of ether oxygens (including phenoxy) is 2. The molecule has 1 saturated heterocycles. The third kappa shape index (κ3) is 5.34. The summed E-state index contributed by atoms with van der Waals surface area (Å²) >= 11 is 0. The number of β-amino-alcohol motifs (C(OH)–C–C–N with tert-alkyl or cyclic N) is 1. The Morgan fingerprint density at radius 3 is 2.64 bits per heavy atom. The minimum Gasteiger partial charge on any atom is -0.493 e. The van der Waals surface area contributed by atoms with Gasteiger partial charge in [-0.3, -0.25) is 9.69 Å². The van der Waals surface area contributed by atoms with Crippen LogP contribution in [0.4, 0.5) is 0 Å². The second-order valence-electron chi connectivity index (χ2n) is 6.01. The molecule has 7 nitrogen and oxygen atoms in total. The number of aliphatic hydroxyl groups is 1. The van der Waals surface area contributed by atoms with Gasteiger partial charge in [-0.2, -0.15) is 5.26 Å². The molecule has 1 aromatic rings. The Balaban J connectivity index is 1.83. The Morgan fingerprint density at radius 2 is 2.04 bits per heavy atom. The van der Waals surface area contributed by atoms with Crippen LogP contribution in [0.15, 0.2) is 18.2 Å². The van der Waals surface area contributed by atoms with Gasteiger partial charge in [0.25, 0.3) is 5.91 Å². The second kappa shape index (κ2) is 9.25. The summed E-state index contributed by atoms with van der Waals surface area (Å²) in [5.41, 5.74) is 0.473. The van der Waals surface area contributed by atoms with Crippen LogP contribution in [0, 0.1) is 11.3 Å². The van der Waals surface area contributed by atoms with E-state index in [2.05, 4.69) is 4.90 Å². The smallest absolute Gasteiger partial charge is 0.260 e. The minimum absolute atomic E-state index is 0.0696. The van der Waals surface area contributed by atoms with Gasteiger partial charge < -0.3 is 19.5 Å². The maximum atomic E-state index is 12.3. The molecule has 1 N–H and O–H groups in total. The number of hydrogen-bond donors (Lipinski definition) is 1. The molecule has 0 radical (unpaired) electrons. The van der Waals surface area contributed by atoms with E-state index in [0.29, 0.717) is 36.7 Å². The van der Waals surface area contributed by atoms with Crippen LogP contribution in [0.3, 0.4) is 0 Å². The number of nitrogens with zero attached hydrogens (tertiary/aromatic N) is 3. The molecule has 1 amide bonds. The Labute approximate surface area is 148 Å². The van der Waals surface area contributed by atoms with Crippen molar-refractivity contribution >= 4 is 5.91 Å². The van der Waals surface area contributed by atoms with Crippen LogP contribution >= 0.6 is 0 Å². The quantitative estimate of drug-likeness (QED) is 0.787. The van der Waals surface area contributed by atoms with E-state index < -0.39 is 0 Å². The van der Waals surface area contributed by atoms with Crippen LogP contribution in [-0.4, -0.2) is 73.4 Å². The fraction of sp³-hybridized carbons (Fsp3) is 0.556. The van der Waals surface area contributed by atoms with E-state index in [0.717, 1.165) is 19.5 Å². The lowest BCUT2D eigenvalue weighted by atomic mass is 10.2. The zero-order valence-electron chi connectivity index (χ0n) is 14.8. The van der Waals surface area contributed by atoms with E-state index in [1.54, 1.807) is 23.1 Å². The molecule has 136 valence electrons. The molecule has 0 unspecified atom stereocenters. The first-order chi connectivity index (χ1) is 12.1. The molecule has 0 saturated carbocycles. The lowest BCUT2D eigenvalue weighted by Gasteiger charge is -2.35. The number of carbonyl (C=O) groups is 1. The molecule has 0 spiro atoms. The summed E-state index contributed by atoms with van der Waals surface area (Å²) < 4.78 is 10.8. The highest BCUT2D eigenvalue weighted by Gasteiger charge is 2.22. The lowest BCUT2D eigenvalue weighted by Crippen LogP contribution is -2.51. The van der Waals surface area contributed by atoms with Crippen molar-refractivity contribution in [3.63, 3.8) is 0 Å². The summed E-state index contributed by atoms with van der Waals surface area (Å²) in [4.78, 5) is 16.3. The normalized spacial score (nSPS) is 16.2. The van der Waals surface area contributed by atoms with Crippen molar-refractivity contribution in [2.24, 2.45) is 0 Å². The van der Waals surface area contributed by atoms with Crippen molar-refractivity contribution in [3.8, 4) is 17.6 Å². The van der Waals surface area contributed by atoms with Crippen molar-refractivity contribution in [3.05, 3.63) is 23.8 Å². The highest BCUT2D eigenvalue weighted by atomic mass is 16.5. The number of benzene rings is 1. The van der Waals surface area contributed by atoms with Crippen molar-refractivity contribution in [1.82, 2.24) is 9.80 Å². The summed E-state index contributed by atoms with van der Waals surface area (Å²) in [6.07, 6.45) is 0.425. The van der Waals surface area contributed by atoms with E-state index in [-0.39, 0.29) is 18.6 Å². The van der Waals surface area contributed by atoms with Gasteiger partial charge in [-0.05, 0) is 18.6 Å². The summed E-state index contributed by atoms with van der Waals surface area (Å²) in [5, 5.41) is 18.6. The topological polar surface area (TPSA) is 86.0 Å². The number of hydrogen-bond acceptors (Lipinski definition) is 6. The zero-order valence-corrected chi connectivity index (χ0v) is 14.8. The average molecular weight is 347 g/mol. The molecule has 7 heteroatoms. The standard InChI is InChI=1S/C18H25N3O4/c1-3-15(22)12-20-6-8-21(9-7-20)18(23)13-25-16-5-4-14(11-19)10-17(16)24-2/h4-5,10,15,22H,3,6-9,12-13H2,1-2H3/t15-/m1/s1. The van der Waals surface area contributed by atoms with Crippen molar-refractivity contribution in [1.29, 1.82) is 5.26 Å². The van der Waals surface area contributed by atoms with Crippen LogP contribution < -0.4 is 9.47 Å². The van der Waals surface area contributed by atoms with Crippen molar-refractivity contribution in [2.45, 2.75) is 19.4 Å². The van der Waals surface area contributed by atoms with Crippen LogP contribution in [0.5, 0.6) is 11.5 Å². The molecule has 1 aliphatic rings. The van der Waals surface area contributed by atoms with Gasteiger partial charge in [-0.15, -0.1) is 0 Å². The van der Waals surface area contributed by atoms with Gasteiger partial charge in [0.15, 0.2) is 18.1 Å². The lowest BCUT2D eigenvalue weighted by molar-refractivity contribution is -0.135. The molecule has 25 heavy (non-hydrogen) atoms. The van der Waals surface area contributed by atoms with Crippen LogP contribution in [-0.2, 0) is 4.79 Å². The first kappa shape index (κ1) is 19.0. The van der Waals surface area contributed by atoms with Crippen LogP contribution in [0.25, 0.3) is 0 Å². The van der Waals surface area contributed by atoms with E-state index in [1.165, 1.54) is 7.11 Å². The summed E-state index contributed by atoms with van der Waals surface area (Å²) in [7, 11) is 1.50. The molecule has 1 fully saturated rings. The molecule has 0 aliphatic carbocycles. The number of nitriles is 1. The number of rotatable bonds is 7. The zero-order chi connectivity index (χ0) is 18.2. The number of methoxy groups -OCH3 is 1. The first-order valence-corrected chi connectivity index (χ1v) is 8.46.